The minimum Gasteiger partial charge on any atom is -0.491 e. The van der Waals surface area contributed by atoms with E-state index in [1.54, 1.807) is 0 Å². The van der Waals surface area contributed by atoms with Crippen molar-refractivity contribution in [3.63, 3.8) is 0 Å². The van der Waals surface area contributed by atoms with Gasteiger partial charge in [-0.3, -0.25) is 0 Å². The van der Waals surface area contributed by atoms with E-state index in [2.05, 4.69) is 11.4 Å². The molecule has 0 aliphatic heterocycles. The van der Waals surface area contributed by atoms with Crippen molar-refractivity contribution < 1.29 is 14.9 Å². The first-order valence-electron chi connectivity index (χ1n) is 7.29. The number of hydrogen-bond acceptors (Lipinski definition) is 4. The highest BCUT2D eigenvalue weighted by Gasteiger charge is 2.33. The van der Waals surface area contributed by atoms with Crippen molar-refractivity contribution in [3.05, 3.63) is 29.3 Å². The van der Waals surface area contributed by atoms with Crippen molar-refractivity contribution in [2.75, 3.05) is 19.7 Å². The number of rotatable bonds is 7. The third kappa shape index (κ3) is 4.47. The highest BCUT2D eigenvalue weighted by molar-refractivity contribution is 5.32. The molecule has 0 bridgehead atoms. The van der Waals surface area contributed by atoms with E-state index in [4.69, 9.17) is 4.74 Å². The van der Waals surface area contributed by atoms with Gasteiger partial charge in [-0.05, 0) is 56.4 Å². The van der Waals surface area contributed by atoms with E-state index in [9.17, 15) is 10.2 Å². The van der Waals surface area contributed by atoms with Crippen LogP contribution in [0, 0.1) is 13.8 Å². The fourth-order valence-electron chi connectivity index (χ4n) is 2.50. The van der Waals surface area contributed by atoms with Crippen LogP contribution in [0.25, 0.3) is 0 Å². The largest absolute Gasteiger partial charge is 0.491 e. The van der Waals surface area contributed by atoms with Crippen LogP contribution in [-0.2, 0) is 0 Å². The second-order valence-electron chi connectivity index (χ2n) is 6.00. The minimum atomic E-state index is -0.570. The molecule has 1 aromatic carbocycles. The van der Waals surface area contributed by atoms with Gasteiger partial charge in [-0.2, -0.15) is 0 Å². The van der Waals surface area contributed by atoms with E-state index in [-0.39, 0.29) is 6.61 Å². The van der Waals surface area contributed by atoms with Gasteiger partial charge in [-0.25, -0.2) is 0 Å². The molecule has 3 N–H and O–H groups in total. The highest BCUT2D eigenvalue weighted by Crippen LogP contribution is 2.30. The molecular formula is C16H25NO3. The summed E-state index contributed by atoms with van der Waals surface area (Å²) in [5, 5.41) is 22.9. The van der Waals surface area contributed by atoms with Crippen LogP contribution in [0.15, 0.2) is 18.2 Å². The van der Waals surface area contributed by atoms with Gasteiger partial charge in [-0.15, -0.1) is 0 Å². The third-order valence-electron chi connectivity index (χ3n) is 3.76. The summed E-state index contributed by atoms with van der Waals surface area (Å²) < 4.78 is 5.60. The van der Waals surface area contributed by atoms with Crippen LogP contribution in [0.1, 0.15) is 30.4 Å². The molecule has 0 aromatic heterocycles. The van der Waals surface area contributed by atoms with Gasteiger partial charge in [0, 0.05) is 13.1 Å². The summed E-state index contributed by atoms with van der Waals surface area (Å²) in [4.78, 5) is 0. The molecule has 0 heterocycles. The van der Waals surface area contributed by atoms with Gasteiger partial charge >= 0.3 is 0 Å². The lowest BCUT2D eigenvalue weighted by Gasteiger charge is -2.36. The fourth-order valence-corrected chi connectivity index (χ4v) is 2.50. The molecule has 0 amide bonds. The zero-order valence-corrected chi connectivity index (χ0v) is 12.4. The number of nitrogens with one attached hydrogen (secondary N) is 1. The maximum atomic E-state index is 9.92. The molecule has 1 saturated carbocycles. The number of aliphatic hydroxyl groups excluding tert-OH is 1. The van der Waals surface area contributed by atoms with Gasteiger partial charge in [0.15, 0.2) is 0 Å². The monoisotopic (exact) mass is 279 g/mol. The number of aryl methyl sites for hydroxylation is 2. The normalized spacial score (nSPS) is 18.4. The van der Waals surface area contributed by atoms with Crippen molar-refractivity contribution in [2.45, 2.75) is 44.8 Å². The van der Waals surface area contributed by atoms with E-state index >= 15 is 0 Å². The van der Waals surface area contributed by atoms with Gasteiger partial charge in [0.1, 0.15) is 18.5 Å². The van der Waals surface area contributed by atoms with E-state index in [1.165, 1.54) is 0 Å². The lowest BCUT2D eigenvalue weighted by atomic mass is 9.80. The Morgan fingerprint density at radius 2 is 1.90 bits per heavy atom. The summed E-state index contributed by atoms with van der Waals surface area (Å²) in [5.41, 5.74) is 1.76. The maximum Gasteiger partial charge on any atom is 0.119 e. The number of benzene rings is 1. The third-order valence-corrected chi connectivity index (χ3v) is 3.76. The summed E-state index contributed by atoms with van der Waals surface area (Å²) in [6.45, 7) is 5.29. The van der Waals surface area contributed by atoms with Crippen LogP contribution >= 0.6 is 0 Å². The molecule has 1 aromatic rings. The molecular weight excluding hydrogens is 254 g/mol. The smallest absolute Gasteiger partial charge is 0.119 e. The zero-order chi connectivity index (χ0) is 14.6. The Bertz CT molecular complexity index is 423. The van der Waals surface area contributed by atoms with Crippen molar-refractivity contribution >= 4 is 0 Å². The van der Waals surface area contributed by atoms with Crippen molar-refractivity contribution in [1.29, 1.82) is 0 Å². The van der Waals surface area contributed by atoms with Crippen molar-refractivity contribution in [2.24, 2.45) is 0 Å². The Morgan fingerprint density at radius 1 is 1.25 bits per heavy atom. The predicted molar refractivity (Wildman–Crippen MR) is 79.1 cm³/mol. The van der Waals surface area contributed by atoms with Crippen molar-refractivity contribution in [1.82, 2.24) is 5.32 Å². The van der Waals surface area contributed by atoms with Crippen LogP contribution in [0.4, 0.5) is 0 Å². The lowest BCUT2D eigenvalue weighted by molar-refractivity contribution is -0.0334. The second-order valence-corrected chi connectivity index (χ2v) is 6.00. The fraction of sp³-hybridized carbons (Fsp3) is 0.625. The van der Waals surface area contributed by atoms with Crippen LogP contribution < -0.4 is 10.1 Å². The van der Waals surface area contributed by atoms with Crippen LogP contribution in [0.3, 0.4) is 0 Å². The number of aliphatic hydroxyl groups is 2. The molecule has 0 spiro atoms. The van der Waals surface area contributed by atoms with Crippen LogP contribution in [0.2, 0.25) is 0 Å². The lowest BCUT2D eigenvalue weighted by Crippen LogP contribution is -2.48. The Kier molecular flexibility index (Phi) is 5.02. The number of ether oxygens (including phenoxy) is 1. The molecule has 4 nitrogen and oxygen atoms in total. The Morgan fingerprint density at radius 3 is 2.45 bits per heavy atom. The topological polar surface area (TPSA) is 61.7 Å². The second kappa shape index (κ2) is 6.57. The summed E-state index contributed by atoms with van der Waals surface area (Å²) in [7, 11) is 0. The molecule has 0 radical (unpaired) electrons. The maximum absolute atomic E-state index is 9.92. The Balaban J connectivity index is 1.67. The van der Waals surface area contributed by atoms with E-state index in [1.807, 2.05) is 26.0 Å². The molecule has 4 heteroatoms. The first kappa shape index (κ1) is 15.3. The quantitative estimate of drug-likeness (QED) is 0.708. The molecule has 20 heavy (non-hydrogen) atoms. The predicted octanol–water partition coefficient (Wildman–Crippen LogP) is 1.55. The molecule has 112 valence electrons. The molecule has 1 fully saturated rings. The van der Waals surface area contributed by atoms with E-state index < -0.39 is 11.7 Å². The van der Waals surface area contributed by atoms with Crippen LogP contribution in [0.5, 0.6) is 5.75 Å². The highest BCUT2D eigenvalue weighted by atomic mass is 16.5. The molecule has 0 saturated heterocycles. The molecule has 1 atom stereocenters. The number of hydrogen-bond donors (Lipinski definition) is 3. The first-order valence-corrected chi connectivity index (χ1v) is 7.29. The van der Waals surface area contributed by atoms with E-state index in [0.29, 0.717) is 13.1 Å². The van der Waals surface area contributed by atoms with Gasteiger partial charge in [0.2, 0.25) is 0 Å². The Labute approximate surface area is 120 Å². The van der Waals surface area contributed by atoms with Gasteiger partial charge in [0.25, 0.3) is 0 Å². The van der Waals surface area contributed by atoms with Crippen LogP contribution in [-0.4, -0.2) is 41.6 Å². The first-order chi connectivity index (χ1) is 9.47. The van der Waals surface area contributed by atoms with Gasteiger partial charge < -0.3 is 20.3 Å². The molecule has 1 aliphatic rings. The van der Waals surface area contributed by atoms with Gasteiger partial charge in [-0.1, -0.05) is 6.07 Å². The summed E-state index contributed by atoms with van der Waals surface area (Å²) in [5.74, 6) is 0.791. The summed E-state index contributed by atoms with van der Waals surface area (Å²) in [6.07, 6.45) is 2.24. The molecule has 1 unspecified atom stereocenters. The molecule has 1 aliphatic carbocycles. The van der Waals surface area contributed by atoms with Crippen molar-refractivity contribution in [3.8, 4) is 5.75 Å². The Hall–Kier alpha value is -1.10. The van der Waals surface area contributed by atoms with E-state index in [0.717, 1.165) is 36.1 Å². The average Bonchev–Trinajstić information content (AvgIpc) is 2.33. The standard InChI is InChI=1S/C16H25NO3/c1-12-6-13(2)8-15(7-12)20-10-14(18)9-17-11-16(19)4-3-5-16/h6-8,14,17-19H,3-5,9-11H2,1-2H3. The SMILES string of the molecule is Cc1cc(C)cc(OCC(O)CNCC2(O)CCC2)c1. The molecule has 2 rings (SSSR count). The average molecular weight is 279 g/mol. The summed E-state index contributed by atoms with van der Waals surface area (Å²) >= 11 is 0. The minimum absolute atomic E-state index is 0.258. The zero-order valence-electron chi connectivity index (χ0n) is 12.4. The summed E-state index contributed by atoms with van der Waals surface area (Å²) in [6, 6.07) is 6.01. The van der Waals surface area contributed by atoms with Gasteiger partial charge in [0.05, 0.1) is 5.60 Å².